The summed E-state index contributed by atoms with van der Waals surface area (Å²) in [5.41, 5.74) is 5.46. The highest BCUT2D eigenvalue weighted by atomic mass is 16.5. The van der Waals surface area contributed by atoms with Gasteiger partial charge in [-0.2, -0.15) is 0 Å². The summed E-state index contributed by atoms with van der Waals surface area (Å²) in [5, 5.41) is 0. The molecule has 0 saturated carbocycles. The third kappa shape index (κ3) is 8.79. The Morgan fingerprint density at radius 1 is 1.06 bits per heavy atom. The van der Waals surface area contributed by atoms with E-state index in [1.807, 2.05) is 6.92 Å². The molecule has 0 aromatic carbocycles. The fraction of sp³-hybridized carbons (Fsp3) is 0.714. The molecule has 4 nitrogen and oxygen atoms in total. The molecule has 0 rings (SSSR count). The Morgan fingerprint density at radius 2 is 1.72 bits per heavy atom. The van der Waals surface area contributed by atoms with Crippen LogP contribution < -0.4 is 5.73 Å². The lowest BCUT2D eigenvalue weighted by molar-refractivity contribution is -0.139. The number of nitrogens with two attached hydrogens (primary N) is 1. The third-order valence-corrected chi connectivity index (χ3v) is 2.61. The first-order chi connectivity index (χ1) is 8.61. The first kappa shape index (κ1) is 16.7. The van der Waals surface area contributed by atoms with E-state index >= 15 is 0 Å². The molecule has 0 spiro atoms. The van der Waals surface area contributed by atoms with Crippen molar-refractivity contribution in [1.82, 2.24) is 0 Å². The molecule has 0 atom stereocenters. The Kier molecular flexibility index (Phi) is 10.0. The van der Waals surface area contributed by atoms with E-state index in [1.54, 1.807) is 0 Å². The van der Waals surface area contributed by atoms with Gasteiger partial charge in [0.15, 0.2) is 0 Å². The minimum absolute atomic E-state index is 0.389. The highest BCUT2D eigenvalue weighted by molar-refractivity contribution is 5.97. The van der Waals surface area contributed by atoms with Crippen molar-refractivity contribution in [2.45, 2.75) is 58.8 Å². The monoisotopic (exact) mass is 255 g/mol. The third-order valence-electron chi connectivity index (χ3n) is 2.61. The predicted octanol–water partition coefficient (Wildman–Crippen LogP) is 2.71. The summed E-state index contributed by atoms with van der Waals surface area (Å²) < 4.78 is 5.13. The SMILES string of the molecule is CCCCCCOC(=O)/C(=C\C(N)=O)CCCC. The molecule has 0 saturated heterocycles. The van der Waals surface area contributed by atoms with E-state index < -0.39 is 11.9 Å². The topological polar surface area (TPSA) is 69.4 Å². The first-order valence-corrected chi connectivity index (χ1v) is 6.78. The van der Waals surface area contributed by atoms with Crippen LogP contribution in [0.1, 0.15) is 58.8 Å². The zero-order valence-electron chi connectivity index (χ0n) is 11.5. The number of esters is 1. The van der Waals surface area contributed by atoms with Gasteiger partial charge in [-0.25, -0.2) is 4.79 Å². The molecular weight excluding hydrogens is 230 g/mol. The first-order valence-electron chi connectivity index (χ1n) is 6.78. The van der Waals surface area contributed by atoms with Crippen LogP contribution in [0.15, 0.2) is 11.6 Å². The molecule has 0 heterocycles. The van der Waals surface area contributed by atoms with E-state index in [0.29, 0.717) is 18.6 Å². The lowest BCUT2D eigenvalue weighted by Crippen LogP contribution is -2.14. The number of rotatable bonds is 10. The van der Waals surface area contributed by atoms with Gasteiger partial charge in [-0.05, 0) is 19.3 Å². The number of carbonyl (C=O) groups excluding carboxylic acids is 2. The second-order valence-corrected chi connectivity index (χ2v) is 4.37. The molecule has 0 aliphatic rings. The maximum absolute atomic E-state index is 11.7. The van der Waals surface area contributed by atoms with Crippen molar-refractivity contribution in [3.63, 3.8) is 0 Å². The maximum atomic E-state index is 11.7. The van der Waals surface area contributed by atoms with Crippen LogP contribution in [0.25, 0.3) is 0 Å². The second-order valence-electron chi connectivity index (χ2n) is 4.37. The van der Waals surface area contributed by atoms with Crippen molar-refractivity contribution < 1.29 is 14.3 Å². The zero-order chi connectivity index (χ0) is 13.8. The van der Waals surface area contributed by atoms with Gasteiger partial charge >= 0.3 is 5.97 Å². The van der Waals surface area contributed by atoms with Crippen LogP contribution >= 0.6 is 0 Å². The fourth-order valence-corrected chi connectivity index (χ4v) is 1.56. The van der Waals surface area contributed by atoms with Crippen LogP contribution in [0.5, 0.6) is 0 Å². The molecule has 0 aromatic heterocycles. The number of unbranched alkanes of at least 4 members (excludes halogenated alkanes) is 4. The van der Waals surface area contributed by atoms with Crippen LogP contribution in [0.2, 0.25) is 0 Å². The highest BCUT2D eigenvalue weighted by Crippen LogP contribution is 2.10. The highest BCUT2D eigenvalue weighted by Gasteiger charge is 2.11. The Labute approximate surface area is 110 Å². The molecule has 0 aliphatic carbocycles. The number of ether oxygens (including phenoxy) is 1. The summed E-state index contributed by atoms with van der Waals surface area (Å²) in [4.78, 5) is 22.5. The number of hydrogen-bond acceptors (Lipinski definition) is 3. The Balaban J connectivity index is 4.09. The van der Waals surface area contributed by atoms with Gasteiger partial charge in [-0.3, -0.25) is 4.79 Å². The molecule has 0 radical (unpaired) electrons. The summed E-state index contributed by atoms with van der Waals surface area (Å²) in [6.07, 6.45) is 7.78. The van der Waals surface area contributed by atoms with Gasteiger partial charge < -0.3 is 10.5 Å². The van der Waals surface area contributed by atoms with E-state index in [2.05, 4.69) is 6.92 Å². The standard InChI is InChI=1S/C14H25NO3/c1-3-5-7-8-10-18-14(17)12(9-6-4-2)11-13(15)16/h11H,3-10H2,1-2H3,(H2,15,16)/b12-11-. The average molecular weight is 255 g/mol. The number of hydrogen-bond donors (Lipinski definition) is 1. The fourth-order valence-electron chi connectivity index (χ4n) is 1.56. The lowest BCUT2D eigenvalue weighted by Gasteiger charge is -2.07. The number of primary amides is 1. The Bertz CT molecular complexity index is 285. The normalized spacial score (nSPS) is 11.3. The van der Waals surface area contributed by atoms with E-state index in [9.17, 15) is 9.59 Å². The molecule has 2 N–H and O–H groups in total. The van der Waals surface area contributed by atoms with Crippen molar-refractivity contribution in [3.05, 3.63) is 11.6 Å². The minimum Gasteiger partial charge on any atom is -0.462 e. The quantitative estimate of drug-likeness (QED) is 0.371. The molecular formula is C14H25NO3. The summed E-state index contributed by atoms with van der Waals surface area (Å²) in [7, 11) is 0. The van der Waals surface area contributed by atoms with Crippen molar-refractivity contribution in [3.8, 4) is 0 Å². The number of amides is 1. The van der Waals surface area contributed by atoms with Crippen molar-refractivity contribution in [2.24, 2.45) is 5.73 Å². The van der Waals surface area contributed by atoms with Gasteiger partial charge in [0.2, 0.25) is 5.91 Å². The van der Waals surface area contributed by atoms with Crippen molar-refractivity contribution in [1.29, 1.82) is 0 Å². The van der Waals surface area contributed by atoms with Gasteiger partial charge in [0.05, 0.1) is 6.61 Å². The van der Waals surface area contributed by atoms with E-state index in [0.717, 1.165) is 38.5 Å². The molecule has 0 fully saturated rings. The van der Waals surface area contributed by atoms with Gasteiger partial charge in [0.25, 0.3) is 0 Å². The lowest BCUT2D eigenvalue weighted by atomic mass is 10.1. The van der Waals surface area contributed by atoms with Gasteiger partial charge in [-0.1, -0.05) is 39.5 Å². The summed E-state index contributed by atoms with van der Waals surface area (Å²) in [5.74, 6) is -0.997. The van der Waals surface area contributed by atoms with Crippen LogP contribution in [-0.2, 0) is 14.3 Å². The largest absolute Gasteiger partial charge is 0.462 e. The van der Waals surface area contributed by atoms with Gasteiger partial charge in [0.1, 0.15) is 0 Å². The zero-order valence-corrected chi connectivity index (χ0v) is 11.5. The van der Waals surface area contributed by atoms with Crippen LogP contribution in [0.3, 0.4) is 0 Å². The molecule has 1 amide bonds. The van der Waals surface area contributed by atoms with Gasteiger partial charge in [0, 0.05) is 11.6 Å². The smallest absolute Gasteiger partial charge is 0.334 e. The maximum Gasteiger partial charge on any atom is 0.334 e. The molecule has 0 aliphatic heterocycles. The van der Waals surface area contributed by atoms with Crippen LogP contribution in [0, 0.1) is 0 Å². The number of carbonyl (C=O) groups is 2. The molecule has 0 unspecified atom stereocenters. The van der Waals surface area contributed by atoms with Gasteiger partial charge in [-0.15, -0.1) is 0 Å². The Morgan fingerprint density at radius 3 is 2.28 bits per heavy atom. The summed E-state index contributed by atoms with van der Waals surface area (Å²) in [6, 6.07) is 0. The summed E-state index contributed by atoms with van der Waals surface area (Å²) in [6.45, 7) is 4.57. The molecule has 0 bridgehead atoms. The summed E-state index contributed by atoms with van der Waals surface area (Å²) >= 11 is 0. The van der Waals surface area contributed by atoms with Crippen LogP contribution in [0.4, 0.5) is 0 Å². The Hall–Kier alpha value is -1.32. The van der Waals surface area contributed by atoms with E-state index in [-0.39, 0.29) is 0 Å². The second kappa shape index (κ2) is 10.8. The van der Waals surface area contributed by atoms with E-state index in [4.69, 9.17) is 10.5 Å². The molecule has 0 aromatic rings. The van der Waals surface area contributed by atoms with Crippen LogP contribution in [-0.4, -0.2) is 18.5 Å². The van der Waals surface area contributed by atoms with Crippen molar-refractivity contribution >= 4 is 11.9 Å². The average Bonchev–Trinajstić information content (AvgIpc) is 2.33. The molecule has 18 heavy (non-hydrogen) atoms. The minimum atomic E-state index is -0.593. The molecule has 104 valence electrons. The molecule has 4 heteroatoms. The van der Waals surface area contributed by atoms with E-state index in [1.165, 1.54) is 6.08 Å². The predicted molar refractivity (Wildman–Crippen MR) is 71.9 cm³/mol. The van der Waals surface area contributed by atoms with Crippen molar-refractivity contribution in [2.75, 3.05) is 6.61 Å².